The lowest BCUT2D eigenvalue weighted by atomic mass is 10.2. The summed E-state index contributed by atoms with van der Waals surface area (Å²) in [6, 6.07) is 12.9. The zero-order valence-electron chi connectivity index (χ0n) is 11.2. The molecule has 0 radical (unpaired) electrons. The van der Waals surface area contributed by atoms with Gasteiger partial charge in [0.05, 0.1) is 17.4 Å². The Morgan fingerprint density at radius 2 is 2.05 bits per heavy atom. The molecule has 0 unspecified atom stereocenters. The number of carbonyl (C=O) groups is 1. The van der Waals surface area contributed by atoms with Gasteiger partial charge in [-0.1, -0.05) is 6.07 Å². The molecule has 2 heterocycles. The predicted octanol–water partition coefficient (Wildman–Crippen LogP) is 2.65. The third kappa shape index (κ3) is 3.33. The lowest BCUT2D eigenvalue weighted by molar-refractivity contribution is -0.118. The number of fused-ring (bicyclic) bond motifs is 1. The monoisotopic (exact) mass is 279 g/mol. The summed E-state index contributed by atoms with van der Waals surface area (Å²) in [6.07, 6.45) is 4.97. The van der Waals surface area contributed by atoms with Crippen LogP contribution in [0.3, 0.4) is 0 Å². The van der Waals surface area contributed by atoms with E-state index < -0.39 is 0 Å². The summed E-state index contributed by atoms with van der Waals surface area (Å²) < 4.78 is 5.49. The Kier molecular flexibility index (Phi) is 3.73. The molecule has 0 spiro atoms. The van der Waals surface area contributed by atoms with Crippen LogP contribution in [0.1, 0.15) is 0 Å². The maximum absolute atomic E-state index is 11.8. The number of rotatable bonds is 4. The summed E-state index contributed by atoms with van der Waals surface area (Å²) in [6.45, 7) is -0.0549. The molecular weight excluding hydrogens is 266 g/mol. The maximum Gasteiger partial charge on any atom is 0.262 e. The van der Waals surface area contributed by atoms with Crippen molar-refractivity contribution in [3.8, 4) is 5.75 Å². The maximum atomic E-state index is 11.8. The predicted molar refractivity (Wildman–Crippen MR) is 80.1 cm³/mol. The van der Waals surface area contributed by atoms with Crippen molar-refractivity contribution < 1.29 is 9.53 Å². The number of amides is 1. The third-order valence-corrected chi connectivity index (χ3v) is 2.89. The molecule has 0 fully saturated rings. The van der Waals surface area contributed by atoms with Crippen LogP contribution in [0.25, 0.3) is 10.9 Å². The second-order valence-corrected chi connectivity index (χ2v) is 4.44. The molecular formula is C16H13N3O2. The van der Waals surface area contributed by atoms with Gasteiger partial charge in [-0.3, -0.25) is 14.8 Å². The van der Waals surface area contributed by atoms with E-state index in [0.29, 0.717) is 11.4 Å². The zero-order chi connectivity index (χ0) is 14.5. The summed E-state index contributed by atoms with van der Waals surface area (Å²) in [7, 11) is 0. The number of carbonyl (C=O) groups excluding carboxylic acids is 1. The molecule has 3 aromatic rings. The molecule has 2 aromatic heterocycles. The van der Waals surface area contributed by atoms with E-state index in [0.717, 1.165) is 10.9 Å². The van der Waals surface area contributed by atoms with Gasteiger partial charge < -0.3 is 10.1 Å². The Labute approximate surface area is 121 Å². The number of benzene rings is 1. The highest BCUT2D eigenvalue weighted by Gasteiger charge is 2.04. The van der Waals surface area contributed by atoms with Crippen molar-refractivity contribution in [2.45, 2.75) is 0 Å². The van der Waals surface area contributed by atoms with E-state index >= 15 is 0 Å². The summed E-state index contributed by atoms with van der Waals surface area (Å²) in [5.74, 6) is 0.408. The van der Waals surface area contributed by atoms with E-state index in [9.17, 15) is 4.79 Å². The van der Waals surface area contributed by atoms with Crippen molar-refractivity contribution in [2.24, 2.45) is 0 Å². The number of nitrogens with zero attached hydrogens (tertiary/aromatic N) is 2. The summed E-state index contributed by atoms with van der Waals surface area (Å²) >= 11 is 0. The van der Waals surface area contributed by atoms with Crippen molar-refractivity contribution in [1.82, 2.24) is 9.97 Å². The molecule has 0 saturated heterocycles. The van der Waals surface area contributed by atoms with Crippen LogP contribution < -0.4 is 10.1 Å². The first-order valence-electron chi connectivity index (χ1n) is 6.49. The van der Waals surface area contributed by atoms with Gasteiger partial charge in [-0.25, -0.2) is 0 Å². The Morgan fingerprint density at radius 3 is 2.90 bits per heavy atom. The molecule has 0 bridgehead atoms. The van der Waals surface area contributed by atoms with Crippen LogP contribution in [-0.4, -0.2) is 22.5 Å². The van der Waals surface area contributed by atoms with Crippen LogP contribution in [-0.2, 0) is 4.79 Å². The summed E-state index contributed by atoms with van der Waals surface area (Å²) in [5, 5.41) is 3.69. The number of anilines is 1. The SMILES string of the molecule is O=C(COc1ccc2ncccc2c1)Nc1cccnc1. The molecule has 3 rings (SSSR count). The summed E-state index contributed by atoms with van der Waals surface area (Å²) in [5.41, 5.74) is 1.54. The molecule has 0 aliphatic heterocycles. The number of aromatic nitrogens is 2. The standard InChI is InChI=1S/C16H13N3O2/c20-16(19-13-4-2-7-17-10-13)11-21-14-5-6-15-12(9-14)3-1-8-18-15/h1-10H,11H2,(H,19,20). The van der Waals surface area contributed by atoms with Crippen LogP contribution in [0.15, 0.2) is 61.1 Å². The van der Waals surface area contributed by atoms with Crippen LogP contribution in [0, 0.1) is 0 Å². The first-order chi connectivity index (χ1) is 10.3. The highest BCUT2D eigenvalue weighted by atomic mass is 16.5. The van der Waals surface area contributed by atoms with Crippen molar-refractivity contribution in [3.05, 3.63) is 61.1 Å². The number of hydrogen-bond acceptors (Lipinski definition) is 4. The van der Waals surface area contributed by atoms with Crippen LogP contribution in [0.2, 0.25) is 0 Å². The zero-order valence-corrected chi connectivity index (χ0v) is 11.2. The van der Waals surface area contributed by atoms with Gasteiger partial charge in [0.1, 0.15) is 5.75 Å². The molecule has 1 N–H and O–H groups in total. The smallest absolute Gasteiger partial charge is 0.262 e. The number of hydrogen-bond donors (Lipinski definition) is 1. The van der Waals surface area contributed by atoms with E-state index in [1.165, 1.54) is 0 Å². The van der Waals surface area contributed by atoms with E-state index in [-0.39, 0.29) is 12.5 Å². The summed E-state index contributed by atoms with van der Waals surface area (Å²) in [4.78, 5) is 19.9. The fourth-order valence-electron chi connectivity index (χ4n) is 1.93. The second-order valence-electron chi connectivity index (χ2n) is 4.44. The van der Waals surface area contributed by atoms with Crippen molar-refractivity contribution in [1.29, 1.82) is 0 Å². The first kappa shape index (κ1) is 13.1. The van der Waals surface area contributed by atoms with Gasteiger partial charge in [0, 0.05) is 17.8 Å². The van der Waals surface area contributed by atoms with Crippen molar-refractivity contribution in [3.63, 3.8) is 0 Å². The van der Waals surface area contributed by atoms with Gasteiger partial charge in [0.15, 0.2) is 6.61 Å². The Morgan fingerprint density at radius 1 is 1.14 bits per heavy atom. The Bertz CT molecular complexity index is 760. The van der Waals surface area contributed by atoms with Gasteiger partial charge >= 0.3 is 0 Å². The van der Waals surface area contributed by atoms with E-state index in [1.807, 2.05) is 24.3 Å². The van der Waals surface area contributed by atoms with Crippen molar-refractivity contribution >= 4 is 22.5 Å². The molecule has 5 nitrogen and oxygen atoms in total. The van der Waals surface area contributed by atoms with Gasteiger partial charge in [-0.2, -0.15) is 0 Å². The average molecular weight is 279 g/mol. The van der Waals surface area contributed by atoms with Crippen LogP contribution >= 0.6 is 0 Å². The third-order valence-electron chi connectivity index (χ3n) is 2.89. The lowest BCUT2D eigenvalue weighted by Gasteiger charge is -2.07. The van der Waals surface area contributed by atoms with Gasteiger partial charge in [-0.05, 0) is 36.4 Å². The molecule has 0 aliphatic rings. The fourth-order valence-corrected chi connectivity index (χ4v) is 1.93. The molecule has 5 heteroatoms. The number of nitrogens with one attached hydrogen (secondary N) is 1. The minimum absolute atomic E-state index is 0.0549. The minimum Gasteiger partial charge on any atom is -0.484 e. The largest absolute Gasteiger partial charge is 0.484 e. The highest BCUT2D eigenvalue weighted by Crippen LogP contribution is 2.18. The van der Waals surface area contributed by atoms with Gasteiger partial charge in [0.25, 0.3) is 5.91 Å². The first-order valence-corrected chi connectivity index (χ1v) is 6.49. The fraction of sp³-hybridized carbons (Fsp3) is 0.0625. The molecule has 0 aliphatic carbocycles. The van der Waals surface area contributed by atoms with Gasteiger partial charge in [-0.15, -0.1) is 0 Å². The molecule has 104 valence electrons. The van der Waals surface area contributed by atoms with E-state index in [1.54, 1.807) is 36.8 Å². The van der Waals surface area contributed by atoms with E-state index in [2.05, 4.69) is 15.3 Å². The Hall–Kier alpha value is -2.95. The van der Waals surface area contributed by atoms with Crippen LogP contribution in [0.4, 0.5) is 5.69 Å². The van der Waals surface area contributed by atoms with Crippen molar-refractivity contribution in [2.75, 3.05) is 11.9 Å². The molecule has 21 heavy (non-hydrogen) atoms. The normalized spacial score (nSPS) is 10.3. The quantitative estimate of drug-likeness (QED) is 0.797. The molecule has 0 atom stereocenters. The Balaban J connectivity index is 1.62. The second kappa shape index (κ2) is 6.00. The van der Waals surface area contributed by atoms with Crippen LogP contribution in [0.5, 0.6) is 5.75 Å². The minimum atomic E-state index is -0.228. The highest BCUT2D eigenvalue weighted by molar-refractivity contribution is 5.91. The topological polar surface area (TPSA) is 64.1 Å². The molecule has 1 amide bonds. The van der Waals surface area contributed by atoms with Gasteiger partial charge in [0.2, 0.25) is 0 Å². The average Bonchev–Trinajstić information content (AvgIpc) is 2.54. The van der Waals surface area contributed by atoms with E-state index in [4.69, 9.17) is 4.74 Å². The number of ether oxygens (including phenoxy) is 1. The number of pyridine rings is 2. The molecule has 1 aromatic carbocycles. The lowest BCUT2D eigenvalue weighted by Crippen LogP contribution is -2.20. The molecule has 0 saturated carbocycles.